The molecule has 0 unspecified atom stereocenters. The maximum atomic E-state index is 16.2. The van der Waals surface area contributed by atoms with Crippen molar-refractivity contribution in [2.24, 2.45) is 11.8 Å². The molecule has 0 radical (unpaired) electrons. The first kappa shape index (κ1) is 31.5. The molecule has 2 aliphatic carbocycles. The number of anilines is 1. The molecule has 2 fully saturated rings. The van der Waals surface area contributed by atoms with Crippen molar-refractivity contribution in [2.45, 2.75) is 10.8 Å². The average molecular weight is 770 g/mol. The van der Waals surface area contributed by atoms with E-state index in [9.17, 15) is 10.1 Å². The molecule has 3 heterocycles. The summed E-state index contributed by atoms with van der Waals surface area (Å²) in [6.45, 7) is 0.0321. The Balaban J connectivity index is 1.36. The summed E-state index contributed by atoms with van der Waals surface area (Å²) >= 11 is 3.29. The van der Waals surface area contributed by atoms with Gasteiger partial charge in [-0.05, 0) is 69.8 Å². The lowest BCUT2D eigenvalue weighted by Gasteiger charge is -2.39. The fourth-order valence-electron chi connectivity index (χ4n) is 9.30. The van der Waals surface area contributed by atoms with Crippen molar-refractivity contribution in [3.8, 4) is 23.0 Å². The van der Waals surface area contributed by atoms with Crippen molar-refractivity contribution in [2.75, 3.05) is 18.5 Å². The number of carbonyl (C=O) groups excluding carboxylic acids is 3. The lowest BCUT2D eigenvalue weighted by atomic mass is 9.59. The standard InChI is InChI=1S/C41H25BrN2O9/c42-26-13-14-27(28(19-26)44(48)49)43-37(45)35-36(38(43)46)41(25-9-5-2-6-10-25)34(23-12-16-30-32(18-23)53-21-51-30)33(22-11-15-29-31(17-22)52-20-50-29)40(35,39(41)47)24-7-3-1-4-8-24/h1-19,35-36H,20-21H2/t35-,36-,40-,41-/m0/s1. The molecule has 1 saturated heterocycles. The number of carbonyl (C=O) groups is 3. The van der Waals surface area contributed by atoms with Crippen LogP contribution in [-0.2, 0) is 25.2 Å². The Morgan fingerprint density at radius 2 is 1.09 bits per heavy atom. The molecule has 2 amide bonds. The molecule has 5 aromatic carbocycles. The summed E-state index contributed by atoms with van der Waals surface area (Å²) in [5.74, 6) is -2.35. The van der Waals surface area contributed by atoms with E-state index in [1.165, 1.54) is 12.1 Å². The van der Waals surface area contributed by atoms with Gasteiger partial charge in [0.15, 0.2) is 28.8 Å². The first-order valence-corrected chi connectivity index (χ1v) is 17.6. The number of nitro groups is 1. The second-order valence-electron chi connectivity index (χ2n) is 13.4. The van der Waals surface area contributed by atoms with Crippen molar-refractivity contribution in [1.29, 1.82) is 0 Å². The number of rotatable bonds is 6. The molecule has 4 atom stereocenters. The minimum atomic E-state index is -1.74. The van der Waals surface area contributed by atoms with E-state index in [-0.39, 0.29) is 25.1 Å². The average Bonchev–Trinajstić information content (AvgIpc) is 3.98. The summed E-state index contributed by atoms with van der Waals surface area (Å²) in [5.41, 5.74) is -0.859. The molecule has 53 heavy (non-hydrogen) atoms. The van der Waals surface area contributed by atoms with Crippen LogP contribution in [0.4, 0.5) is 11.4 Å². The van der Waals surface area contributed by atoms with E-state index in [1.54, 1.807) is 78.9 Å². The number of hydrogen-bond donors (Lipinski definition) is 0. The highest BCUT2D eigenvalue weighted by Gasteiger charge is 2.83. The molecule has 1 saturated carbocycles. The molecule has 0 aromatic heterocycles. The van der Waals surface area contributed by atoms with Gasteiger partial charge in [0.25, 0.3) is 5.69 Å². The van der Waals surface area contributed by atoms with Crippen molar-refractivity contribution in [3.05, 3.63) is 152 Å². The zero-order chi connectivity index (χ0) is 36.2. The van der Waals surface area contributed by atoms with Gasteiger partial charge in [-0.1, -0.05) is 88.7 Å². The van der Waals surface area contributed by atoms with Gasteiger partial charge in [0.2, 0.25) is 25.4 Å². The van der Waals surface area contributed by atoms with Crippen LogP contribution in [0.5, 0.6) is 23.0 Å². The summed E-state index contributed by atoms with van der Waals surface area (Å²) in [7, 11) is 0. The summed E-state index contributed by atoms with van der Waals surface area (Å²) in [4.78, 5) is 59.6. The number of imide groups is 1. The number of nitro benzene ring substituents is 1. The number of Topliss-reactive ketones (excluding diaryl/α,β-unsaturated/α-hetero) is 1. The number of fused-ring (bicyclic) bond motifs is 7. The lowest BCUT2D eigenvalue weighted by molar-refractivity contribution is -0.384. The Kier molecular flexibility index (Phi) is 6.60. The fourth-order valence-corrected chi connectivity index (χ4v) is 9.65. The summed E-state index contributed by atoms with van der Waals surface area (Å²) in [6, 6.07) is 33.0. The molecule has 2 bridgehead atoms. The Labute approximate surface area is 309 Å². The minimum absolute atomic E-state index is 0.0161. The number of halogens is 1. The smallest absolute Gasteiger partial charge is 0.294 e. The summed E-state index contributed by atoms with van der Waals surface area (Å²) < 4.78 is 23.4. The van der Waals surface area contributed by atoms with Crippen molar-refractivity contribution in [3.63, 3.8) is 0 Å². The van der Waals surface area contributed by atoms with Gasteiger partial charge in [0.05, 0.1) is 27.6 Å². The van der Waals surface area contributed by atoms with E-state index in [2.05, 4.69) is 15.9 Å². The van der Waals surface area contributed by atoms with E-state index in [4.69, 9.17) is 18.9 Å². The monoisotopic (exact) mass is 768 g/mol. The molecule has 0 N–H and O–H groups in total. The van der Waals surface area contributed by atoms with Gasteiger partial charge in [-0.2, -0.15) is 0 Å². The molecule has 12 heteroatoms. The first-order valence-electron chi connectivity index (χ1n) is 16.8. The molecule has 3 aliphatic heterocycles. The molecule has 5 aromatic rings. The van der Waals surface area contributed by atoms with E-state index in [0.717, 1.165) is 4.90 Å². The molecule has 0 spiro atoms. The lowest BCUT2D eigenvalue weighted by Crippen LogP contribution is -2.45. The third kappa shape index (κ3) is 3.95. The van der Waals surface area contributed by atoms with Crippen molar-refractivity contribution < 1.29 is 38.3 Å². The number of benzene rings is 5. The van der Waals surface area contributed by atoms with E-state index in [0.29, 0.717) is 60.9 Å². The Bertz CT molecular complexity index is 2370. The molecule has 10 rings (SSSR count). The highest BCUT2D eigenvalue weighted by atomic mass is 79.9. The van der Waals surface area contributed by atoms with E-state index < -0.39 is 45.1 Å². The van der Waals surface area contributed by atoms with Crippen LogP contribution in [0.1, 0.15) is 22.3 Å². The third-order valence-electron chi connectivity index (χ3n) is 11.2. The first-order chi connectivity index (χ1) is 25.8. The third-order valence-corrected chi connectivity index (χ3v) is 11.6. The van der Waals surface area contributed by atoms with Crippen LogP contribution >= 0.6 is 15.9 Å². The van der Waals surface area contributed by atoms with Gasteiger partial charge in [0.1, 0.15) is 5.69 Å². The van der Waals surface area contributed by atoms with Gasteiger partial charge in [0, 0.05) is 10.5 Å². The van der Waals surface area contributed by atoms with Crippen LogP contribution in [-0.4, -0.2) is 36.1 Å². The maximum absolute atomic E-state index is 16.2. The number of ether oxygens (including phenoxy) is 4. The Morgan fingerprint density at radius 3 is 1.57 bits per heavy atom. The topological polar surface area (TPSA) is 135 Å². The van der Waals surface area contributed by atoms with Gasteiger partial charge in [-0.3, -0.25) is 24.5 Å². The summed E-state index contributed by atoms with van der Waals surface area (Å²) in [5, 5.41) is 12.4. The predicted octanol–water partition coefficient (Wildman–Crippen LogP) is 7.00. The highest BCUT2D eigenvalue weighted by Crippen LogP contribution is 2.75. The molecule has 5 aliphatic rings. The Morgan fingerprint density at radius 1 is 0.623 bits per heavy atom. The zero-order valence-electron chi connectivity index (χ0n) is 27.5. The number of nitrogens with zero attached hydrogens (tertiary/aromatic N) is 2. The quantitative estimate of drug-likeness (QED) is 0.102. The SMILES string of the molecule is O=C1[C@@H]2[C@@H](C(=O)N1c1ccc(Br)cc1[N+](=O)[O-])[C@@]1(c3ccccc3)C(=O)[C@@]2(c2ccccc2)C(c2ccc3c(c2)OCO3)=C1c1ccc2c(c1)OCO2. The number of hydrogen-bond acceptors (Lipinski definition) is 9. The van der Waals surface area contributed by atoms with Gasteiger partial charge >= 0.3 is 0 Å². The minimum Gasteiger partial charge on any atom is -0.454 e. The second-order valence-corrected chi connectivity index (χ2v) is 14.3. The zero-order valence-corrected chi connectivity index (χ0v) is 29.1. The second kappa shape index (κ2) is 11.1. The number of allylic oxidation sites excluding steroid dienone is 2. The van der Waals surface area contributed by atoms with Crippen LogP contribution in [0.2, 0.25) is 0 Å². The van der Waals surface area contributed by atoms with Crippen molar-refractivity contribution in [1.82, 2.24) is 0 Å². The van der Waals surface area contributed by atoms with Crippen LogP contribution in [0, 0.1) is 22.0 Å². The number of ketones is 1. The van der Waals surface area contributed by atoms with Crippen molar-refractivity contribution >= 4 is 56.0 Å². The van der Waals surface area contributed by atoms with Gasteiger partial charge in [-0.25, -0.2) is 4.90 Å². The number of amides is 2. The van der Waals surface area contributed by atoms with Gasteiger partial charge in [-0.15, -0.1) is 0 Å². The molecular weight excluding hydrogens is 744 g/mol. The fraction of sp³-hybridized carbons (Fsp3) is 0.146. The van der Waals surface area contributed by atoms with Gasteiger partial charge < -0.3 is 18.9 Å². The van der Waals surface area contributed by atoms with Crippen LogP contribution in [0.15, 0.2) is 120 Å². The van der Waals surface area contributed by atoms with Crippen LogP contribution < -0.4 is 23.8 Å². The maximum Gasteiger partial charge on any atom is 0.294 e. The largest absolute Gasteiger partial charge is 0.454 e. The summed E-state index contributed by atoms with van der Waals surface area (Å²) in [6.07, 6.45) is 0. The molecular formula is C41H25BrN2O9. The molecule has 260 valence electrons. The Hall–Kier alpha value is -6.27. The van der Waals surface area contributed by atoms with Crippen LogP contribution in [0.3, 0.4) is 0 Å². The van der Waals surface area contributed by atoms with E-state index in [1.807, 2.05) is 24.3 Å². The van der Waals surface area contributed by atoms with E-state index >= 15 is 14.4 Å². The molecule has 11 nitrogen and oxygen atoms in total. The highest BCUT2D eigenvalue weighted by molar-refractivity contribution is 9.10. The normalized spacial score (nSPS) is 24.7. The predicted molar refractivity (Wildman–Crippen MR) is 193 cm³/mol. The van der Waals surface area contributed by atoms with Crippen LogP contribution in [0.25, 0.3) is 11.1 Å².